The summed E-state index contributed by atoms with van der Waals surface area (Å²) in [4.78, 5) is 14.3. The van der Waals surface area contributed by atoms with Crippen molar-refractivity contribution >= 4 is 5.91 Å². The number of aryl methyl sites for hydroxylation is 1. The zero-order valence-corrected chi connectivity index (χ0v) is 11.5. The predicted molar refractivity (Wildman–Crippen MR) is 76.3 cm³/mol. The van der Waals surface area contributed by atoms with Gasteiger partial charge in [0.2, 0.25) is 0 Å². The number of rotatable bonds is 2. The lowest BCUT2D eigenvalue weighted by atomic mass is 10.0. The maximum atomic E-state index is 12.5. The summed E-state index contributed by atoms with van der Waals surface area (Å²) in [6, 6.07) is 11.5. The molecule has 1 aliphatic heterocycles. The van der Waals surface area contributed by atoms with Gasteiger partial charge in [0.1, 0.15) is 0 Å². The van der Waals surface area contributed by atoms with Gasteiger partial charge >= 0.3 is 0 Å². The Bertz CT molecular complexity index is 625. The van der Waals surface area contributed by atoms with Crippen LogP contribution < -0.4 is 0 Å². The predicted octanol–water partition coefficient (Wildman–Crippen LogP) is 2.24. The smallest absolute Gasteiger partial charge is 0.254 e. The highest BCUT2D eigenvalue weighted by Crippen LogP contribution is 2.19. The third kappa shape index (κ3) is 2.41. The molecule has 0 bridgehead atoms. The summed E-state index contributed by atoms with van der Waals surface area (Å²) in [6.45, 7) is 3.40. The zero-order valence-electron chi connectivity index (χ0n) is 11.5. The maximum absolute atomic E-state index is 12.5. The first-order valence-corrected chi connectivity index (χ1v) is 6.96. The van der Waals surface area contributed by atoms with E-state index in [-0.39, 0.29) is 5.91 Å². The molecule has 0 N–H and O–H groups in total. The van der Waals surface area contributed by atoms with Crippen molar-refractivity contribution in [2.24, 2.45) is 0 Å². The van der Waals surface area contributed by atoms with Crippen LogP contribution in [0.15, 0.2) is 36.4 Å². The molecule has 4 heteroatoms. The van der Waals surface area contributed by atoms with Crippen molar-refractivity contribution in [3.63, 3.8) is 0 Å². The minimum Gasteiger partial charge on any atom is -0.334 e. The van der Waals surface area contributed by atoms with E-state index < -0.39 is 0 Å². The molecule has 0 fully saturated rings. The van der Waals surface area contributed by atoms with Gasteiger partial charge in [-0.15, -0.1) is 0 Å². The highest BCUT2D eigenvalue weighted by atomic mass is 16.2. The maximum Gasteiger partial charge on any atom is 0.254 e. The second kappa shape index (κ2) is 5.41. The molecule has 0 atom stereocenters. The summed E-state index contributed by atoms with van der Waals surface area (Å²) >= 11 is 0. The molecule has 0 unspecified atom stereocenters. The first-order chi connectivity index (χ1) is 9.78. The van der Waals surface area contributed by atoms with Crippen molar-refractivity contribution in [3.8, 4) is 0 Å². The molecule has 3 rings (SSSR count). The van der Waals surface area contributed by atoms with Crippen LogP contribution in [0.5, 0.6) is 0 Å². The van der Waals surface area contributed by atoms with Crippen molar-refractivity contribution < 1.29 is 4.79 Å². The number of benzene rings is 1. The molecular weight excluding hydrogens is 250 g/mol. The summed E-state index contributed by atoms with van der Waals surface area (Å²) in [7, 11) is 0. The van der Waals surface area contributed by atoms with Gasteiger partial charge in [-0.2, -0.15) is 10.2 Å². The zero-order chi connectivity index (χ0) is 13.9. The summed E-state index contributed by atoms with van der Waals surface area (Å²) in [5.41, 5.74) is 3.89. The van der Waals surface area contributed by atoms with Crippen molar-refractivity contribution in [1.29, 1.82) is 0 Å². The minimum atomic E-state index is 0.0890. The molecular formula is C16H17N3O. The second-order valence-electron chi connectivity index (χ2n) is 5.00. The van der Waals surface area contributed by atoms with Gasteiger partial charge in [0.25, 0.3) is 5.91 Å². The topological polar surface area (TPSA) is 46.1 Å². The Kier molecular flexibility index (Phi) is 3.46. The van der Waals surface area contributed by atoms with Crippen molar-refractivity contribution in [2.75, 3.05) is 6.54 Å². The van der Waals surface area contributed by atoms with Crippen LogP contribution in [-0.2, 0) is 19.4 Å². The van der Waals surface area contributed by atoms with Crippen LogP contribution >= 0.6 is 0 Å². The Hall–Kier alpha value is -2.23. The molecule has 0 saturated heterocycles. The number of hydrogen-bond donors (Lipinski definition) is 0. The Morgan fingerprint density at radius 2 is 2.05 bits per heavy atom. The Morgan fingerprint density at radius 1 is 1.25 bits per heavy atom. The third-order valence-electron chi connectivity index (χ3n) is 3.66. The van der Waals surface area contributed by atoms with Crippen LogP contribution in [0.4, 0.5) is 0 Å². The van der Waals surface area contributed by atoms with Gasteiger partial charge < -0.3 is 4.90 Å². The molecule has 0 saturated carbocycles. The lowest BCUT2D eigenvalue weighted by Gasteiger charge is -2.28. The van der Waals surface area contributed by atoms with Gasteiger partial charge in [0, 0.05) is 25.1 Å². The molecule has 2 heterocycles. The number of aromatic nitrogens is 2. The molecule has 0 radical (unpaired) electrons. The van der Waals surface area contributed by atoms with E-state index in [9.17, 15) is 4.79 Å². The number of amides is 1. The van der Waals surface area contributed by atoms with E-state index in [1.807, 2.05) is 35.2 Å². The first-order valence-electron chi connectivity index (χ1n) is 6.96. The molecule has 1 aromatic heterocycles. The van der Waals surface area contributed by atoms with Gasteiger partial charge in [-0.3, -0.25) is 4.79 Å². The van der Waals surface area contributed by atoms with E-state index in [0.29, 0.717) is 13.1 Å². The Balaban J connectivity index is 1.83. The van der Waals surface area contributed by atoms with Gasteiger partial charge in [0.05, 0.1) is 11.4 Å². The molecule has 4 nitrogen and oxygen atoms in total. The Morgan fingerprint density at radius 3 is 2.80 bits per heavy atom. The van der Waals surface area contributed by atoms with E-state index in [0.717, 1.165) is 35.4 Å². The van der Waals surface area contributed by atoms with Crippen LogP contribution in [0.1, 0.15) is 34.2 Å². The van der Waals surface area contributed by atoms with Gasteiger partial charge in [-0.05, 0) is 30.2 Å². The molecule has 2 aromatic rings. The summed E-state index contributed by atoms with van der Waals surface area (Å²) in [5.74, 6) is 0.0890. The monoisotopic (exact) mass is 267 g/mol. The lowest BCUT2D eigenvalue weighted by molar-refractivity contribution is 0.0733. The fraction of sp³-hybridized carbons (Fsp3) is 0.312. The average Bonchev–Trinajstić information content (AvgIpc) is 2.54. The number of fused-ring (bicyclic) bond motifs is 1. The number of carbonyl (C=O) groups is 1. The van der Waals surface area contributed by atoms with Crippen molar-refractivity contribution in [2.45, 2.75) is 26.3 Å². The standard InChI is InChI=1S/C16H17N3O/c1-2-14-10-13-11-19(9-8-15(13)18-17-14)16(20)12-6-4-3-5-7-12/h3-7,10H,2,8-9,11H2,1H3. The highest BCUT2D eigenvalue weighted by molar-refractivity contribution is 5.94. The third-order valence-corrected chi connectivity index (χ3v) is 3.66. The quantitative estimate of drug-likeness (QED) is 0.838. The van der Waals surface area contributed by atoms with E-state index in [2.05, 4.69) is 23.2 Å². The number of carbonyl (C=O) groups excluding carboxylic acids is 1. The Labute approximate surface area is 118 Å². The summed E-state index contributed by atoms with van der Waals surface area (Å²) in [6.07, 6.45) is 1.65. The number of nitrogens with zero attached hydrogens (tertiary/aromatic N) is 3. The fourth-order valence-electron chi connectivity index (χ4n) is 2.48. The normalized spacial score (nSPS) is 13.9. The molecule has 20 heavy (non-hydrogen) atoms. The van der Waals surface area contributed by atoms with Crippen LogP contribution in [0, 0.1) is 0 Å². The van der Waals surface area contributed by atoms with Crippen LogP contribution in [-0.4, -0.2) is 27.5 Å². The van der Waals surface area contributed by atoms with E-state index in [1.165, 1.54) is 0 Å². The molecule has 102 valence electrons. The SMILES string of the molecule is CCc1cc2c(nn1)CCN(C(=O)c1ccccc1)C2. The summed E-state index contributed by atoms with van der Waals surface area (Å²) in [5, 5.41) is 8.45. The minimum absolute atomic E-state index is 0.0890. The van der Waals surface area contributed by atoms with E-state index >= 15 is 0 Å². The van der Waals surface area contributed by atoms with Crippen LogP contribution in [0.2, 0.25) is 0 Å². The van der Waals surface area contributed by atoms with Crippen molar-refractivity contribution in [1.82, 2.24) is 15.1 Å². The van der Waals surface area contributed by atoms with Crippen LogP contribution in [0.25, 0.3) is 0 Å². The molecule has 1 amide bonds. The number of hydrogen-bond acceptors (Lipinski definition) is 3. The lowest BCUT2D eigenvalue weighted by Crippen LogP contribution is -2.36. The van der Waals surface area contributed by atoms with Gasteiger partial charge in [0.15, 0.2) is 0 Å². The molecule has 0 spiro atoms. The fourth-order valence-corrected chi connectivity index (χ4v) is 2.48. The van der Waals surface area contributed by atoms with Crippen LogP contribution in [0.3, 0.4) is 0 Å². The van der Waals surface area contributed by atoms with Gasteiger partial charge in [-0.1, -0.05) is 25.1 Å². The molecule has 1 aliphatic rings. The van der Waals surface area contributed by atoms with E-state index in [1.54, 1.807) is 0 Å². The van der Waals surface area contributed by atoms with Gasteiger partial charge in [-0.25, -0.2) is 0 Å². The second-order valence-corrected chi connectivity index (χ2v) is 5.00. The average molecular weight is 267 g/mol. The first kappa shape index (κ1) is 12.8. The molecule has 1 aromatic carbocycles. The highest BCUT2D eigenvalue weighted by Gasteiger charge is 2.22. The van der Waals surface area contributed by atoms with E-state index in [4.69, 9.17) is 0 Å². The largest absolute Gasteiger partial charge is 0.334 e. The van der Waals surface area contributed by atoms with Crippen molar-refractivity contribution in [3.05, 3.63) is 58.9 Å². The molecule has 0 aliphatic carbocycles. The summed E-state index contributed by atoms with van der Waals surface area (Å²) < 4.78 is 0.